The average Bonchev–Trinajstić information content (AvgIpc) is 2.37. The number of alkyl halides is 2. The minimum Gasteiger partial charge on any atom is -0.434 e. The molecule has 0 spiro atoms. The van der Waals surface area contributed by atoms with Crippen molar-refractivity contribution < 1.29 is 17.9 Å². The molecule has 0 atom stereocenters. The fraction of sp³-hybridized carbons (Fsp3) is 0.462. The maximum atomic E-state index is 13.6. The SMILES string of the molecule is CCCCNC(N)=NCc1c(F)cccc1OC(F)F. The van der Waals surface area contributed by atoms with E-state index in [0.29, 0.717) is 6.54 Å². The monoisotopic (exact) mass is 289 g/mol. The van der Waals surface area contributed by atoms with Gasteiger partial charge in [0, 0.05) is 6.54 Å². The highest BCUT2D eigenvalue weighted by atomic mass is 19.3. The molecule has 0 heterocycles. The van der Waals surface area contributed by atoms with Gasteiger partial charge in [-0.2, -0.15) is 8.78 Å². The van der Waals surface area contributed by atoms with E-state index < -0.39 is 12.4 Å². The van der Waals surface area contributed by atoms with Gasteiger partial charge in [0.15, 0.2) is 5.96 Å². The number of guanidine groups is 1. The second-order valence-electron chi connectivity index (χ2n) is 4.08. The second-order valence-corrected chi connectivity index (χ2v) is 4.08. The van der Waals surface area contributed by atoms with E-state index in [1.165, 1.54) is 12.1 Å². The lowest BCUT2D eigenvalue weighted by Crippen LogP contribution is -2.32. The van der Waals surface area contributed by atoms with E-state index in [1.807, 2.05) is 6.92 Å². The zero-order valence-electron chi connectivity index (χ0n) is 11.2. The maximum absolute atomic E-state index is 13.6. The van der Waals surface area contributed by atoms with Crippen LogP contribution in [0.1, 0.15) is 25.3 Å². The number of nitrogens with one attached hydrogen (secondary N) is 1. The zero-order valence-corrected chi connectivity index (χ0v) is 11.2. The Kier molecular flexibility index (Phi) is 6.69. The molecular formula is C13H18F3N3O. The first-order valence-electron chi connectivity index (χ1n) is 6.30. The Labute approximate surface area is 115 Å². The van der Waals surface area contributed by atoms with E-state index in [2.05, 4.69) is 15.0 Å². The van der Waals surface area contributed by atoms with E-state index in [9.17, 15) is 13.2 Å². The Morgan fingerprint density at radius 1 is 1.45 bits per heavy atom. The third-order valence-corrected chi connectivity index (χ3v) is 2.54. The highest BCUT2D eigenvalue weighted by molar-refractivity contribution is 5.77. The number of aliphatic imine (C=N–C) groups is 1. The molecule has 0 fully saturated rings. The standard InChI is InChI=1S/C13H18F3N3O/c1-2-3-7-18-13(17)19-8-9-10(14)5-4-6-11(9)20-12(15)16/h4-6,12H,2-3,7-8H2,1H3,(H3,17,18,19). The molecule has 0 bridgehead atoms. The van der Waals surface area contributed by atoms with Gasteiger partial charge in [0.1, 0.15) is 11.6 Å². The molecular weight excluding hydrogens is 271 g/mol. The fourth-order valence-corrected chi connectivity index (χ4v) is 1.51. The molecule has 0 saturated carbocycles. The van der Waals surface area contributed by atoms with Crippen LogP contribution in [0.3, 0.4) is 0 Å². The van der Waals surface area contributed by atoms with Crippen LogP contribution >= 0.6 is 0 Å². The van der Waals surface area contributed by atoms with Gasteiger partial charge in [-0.25, -0.2) is 9.38 Å². The third kappa shape index (κ3) is 5.38. The van der Waals surface area contributed by atoms with Crippen LogP contribution in [-0.2, 0) is 6.54 Å². The van der Waals surface area contributed by atoms with Crippen LogP contribution < -0.4 is 15.8 Å². The Morgan fingerprint density at radius 2 is 2.20 bits per heavy atom. The highest BCUT2D eigenvalue weighted by Crippen LogP contribution is 2.24. The number of nitrogens with zero attached hydrogens (tertiary/aromatic N) is 1. The Bertz CT molecular complexity index is 452. The molecule has 4 nitrogen and oxygen atoms in total. The quantitative estimate of drug-likeness (QED) is 0.461. The Hall–Kier alpha value is -1.92. The molecule has 20 heavy (non-hydrogen) atoms. The number of rotatable bonds is 7. The summed E-state index contributed by atoms with van der Waals surface area (Å²) < 4.78 is 42.3. The van der Waals surface area contributed by atoms with Crippen molar-refractivity contribution in [3.63, 3.8) is 0 Å². The second kappa shape index (κ2) is 8.29. The number of benzene rings is 1. The summed E-state index contributed by atoms with van der Waals surface area (Å²) in [4.78, 5) is 3.91. The molecule has 3 N–H and O–H groups in total. The number of hydrogen-bond acceptors (Lipinski definition) is 2. The molecule has 0 radical (unpaired) electrons. The van der Waals surface area contributed by atoms with Gasteiger partial charge in [-0.3, -0.25) is 0 Å². The first kappa shape index (κ1) is 16.1. The van der Waals surface area contributed by atoms with Crippen LogP contribution in [0.5, 0.6) is 5.75 Å². The molecule has 1 rings (SSSR count). The van der Waals surface area contributed by atoms with Gasteiger partial charge < -0.3 is 15.8 Å². The molecule has 7 heteroatoms. The normalized spacial score (nSPS) is 11.8. The molecule has 112 valence electrons. The van der Waals surface area contributed by atoms with Crippen LogP contribution in [0.15, 0.2) is 23.2 Å². The van der Waals surface area contributed by atoms with E-state index in [1.54, 1.807) is 0 Å². The van der Waals surface area contributed by atoms with Gasteiger partial charge in [0.2, 0.25) is 0 Å². The predicted octanol–water partition coefficient (Wildman–Crippen LogP) is 2.63. The summed E-state index contributed by atoms with van der Waals surface area (Å²) >= 11 is 0. The summed E-state index contributed by atoms with van der Waals surface area (Å²) in [5.41, 5.74) is 5.54. The van der Waals surface area contributed by atoms with Crippen LogP contribution in [-0.4, -0.2) is 19.1 Å². The molecule has 0 saturated heterocycles. The van der Waals surface area contributed by atoms with Crippen molar-refractivity contribution >= 4 is 5.96 Å². The summed E-state index contributed by atoms with van der Waals surface area (Å²) in [6, 6.07) is 3.72. The molecule has 0 aliphatic carbocycles. The van der Waals surface area contributed by atoms with Crippen molar-refractivity contribution in [1.82, 2.24) is 5.32 Å². The first-order valence-corrected chi connectivity index (χ1v) is 6.30. The minimum atomic E-state index is -3.01. The van der Waals surface area contributed by atoms with Crippen molar-refractivity contribution in [2.45, 2.75) is 32.9 Å². The number of ether oxygens (including phenoxy) is 1. The molecule has 0 unspecified atom stereocenters. The summed E-state index contributed by atoms with van der Waals surface area (Å²) in [5, 5.41) is 2.85. The first-order chi connectivity index (χ1) is 9.54. The molecule has 1 aromatic rings. The third-order valence-electron chi connectivity index (χ3n) is 2.54. The lowest BCUT2D eigenvalue weighted by molar-refractivity contribution is -0.0506. The molecule has 0 amide bonds. The van der Waals surface area contributed by atoms with Gasteiger partial charge in [-0.1, -0.05) is 19.4 Å². The molecule has 1 aromatic carbocycles. The summed E-state index contributed by atoms with van der Waals surface area (Å²) in [5.74, 6) is -0.747. The van der Waals surface area contributed by atoms with Gasteiger partial charge in [-0.05, 0) is 18.6 Å². The Balaban J connectivity index is 2.73. The van der Waals surface area contributed by atoms with Crippen LogP contribution in [0, 0.1) is 5.82 Å². The van der Waals surface area contributed by atoms with Gasteiger partial charge in [-0.15, -0.1) is 0 Å². The van der Waals surface area contributed by atoms with E-state index >= 15 is 0 Å². The molecule has 0 aliphatic heterocycles. The van der Waals surface area contributed by atoms with Crippen molar-refractivity contribution in [3.8, 4) is 5.75 Å². The van der Waals surface area contributed by atoms with Gasteiger partial charge >= 0.3 is 6.61 Å². The highest BCUT2D eigenvalue weighted by Gasteiger charge is 2.13. The van der Waals surface area contributed by atoms with Crippen molar-refractivity contribution in [1.29, 1.82) is 0 Å². The van der Waals surface area contributed by atoms with Crippen LogP contribution in [0.2, 0.25) is 0 Å². The number of unbranched alkanes of at least 4 members (excludes halogenated alkanes) is 1. The van der Waals surface area contributed by atoms with E-state index in [0.717, 1.165) is 18.9 Å². The number of halogens is 3. The number of hydrogen-bond donors (Lipinski definition) is 2. The average molecular weight is 289 g/mol. The van der Waals surface area contributed by atoms with Gasteiger partial charge in [0.25, 0.3) is 0 Å². The van der Waals surface area contributed by atoms with Crippen molar-refractivity contribution in [3.05, 3.63) is 29.6 Å². The lowest BCUT2D eigenvalue weighted by atomic mass is 10.2. The maximum Gasteiger partial charge on any atom is 0.387 e. The van der Waals surface area contributed by atoms with Crippen molar-refractivity contribution in [2.24, 2.45) is 10.7 Å². The fourth-order valence-electron chi connectivity index (χ4n) is 1.51. The molecule has 0 aromatic heterocycles. The van der Waals surface area contributed by atoms with E-state index in [4.69, 9.17) is 5.73 Å². The summed E-state index contributed by atoms with van der Waals surface area (Å²) in [6.07, 6.45) is 1.93. The topological polar surface area (TPSA) is 59.6 Å². The Morgan fingerprint density at radius 3 is 2.85 bits per heavy atom. The lowest BCUT2D eigenvalue weighted by Gasteiger charge is -2.10. The summed E-state index contributed by atoms with van der Waals surface area (Å²) in [7, 11) is 0. The van der Waals surface area contributed by atoms with Gasteiger partial charge in [0.05, 0.1) is 12.1 Å². The van der Waals surface area contributed by atoms with Crippen molar-refractivity contribution in [2.75, 3.05) is 6.54 Å². The molecule has 0 aliphatic rings. The van der Waals surface area contributed by atoms with Crippen LogP contribution in [0.4, 0.5) is 13.2 Å². The smallest absolute Gasteiger partial charge is 0.387 e. The minimum absolute atomic E-state index is 0.0481. The largest absolute Gasteiger partial charge is 0.434 e. The predicted molar refractivity (Wildman–Crippen MR) is 71.3 cm³/mol. The number of nitrogens with two attached hydrogens (primary N) is 1. The van der Waals surface area contributed by atoms with Crippen LogP contribution in [0.25, 0.3) is 0 Å². The van der Waals surface area contributed by atoms with E-state index in [-0.39, 0.29) is 23.8 Å². The zero-order chi connectivity index (χ0) is 15.0. The summed E-state index contributed by atoms with van der Waals surface area (Å²) in [6.45, 7) is -0.495.